The van der Waals surface area contributed by atoms with Crippen molar-refractivity contribution < 1.29 is 29.0 Å². The van der Waals surface area contributed by atoms with E-state index in [1.54, 1.807) is 6.92 Å². The number of hydrogen-bond donors (Lipinski definition) is 3. The van der Waals surface area contributed by atoms with Crippen molar-refractivity contribution in [1.82, 2.24) is 5.32 Å². The molecule has 1 unspecified atom stereocenters. The third-order valence-corrected chi connectivity index (χ3v) is 4.37. The fourth-order valence-corrected chi connectivity index (χ4v) is 2.59. The molecular formula is C19H30N2O6. The van der Waals surface area contributed by atoms with E-state index >= 15 is 0 Å². The van der Waals surface area contributed by atoms with E-state index in [0.29, 0.717) is 32.4 Å². The van der Waals surface area contributed by atoms with Gasteiger partial charge in [-0.2, -0.15) is 0 Å². The Morgan fingerprint density at radius 3 is 2.67 bits per heavy atom. The summed E-state index contributed by atoms with van der Waals surface area (Å²) in [5.41, 5.74) is 7.33. The number of amides is 1. The maximum atomic E-state index is 11.5. The summed E-state index contributed by atoms with van der Waals surface area (Å²) in [6, 6.07) is -0.861. The fraction of sp³-hybridized carbons (Fsp3) is 0.632. The monoisotopic (exact) mass is 382 g/mol. The second-order valence-corrected chi connectivity index (χ2v) is 6.65. The number of aliphatic carboxylic acids is 1. The Kier molecular flexibility index (Phi) is 10.4. The lowest BCUT2D eigenvalue weighted by atomic mass is 9.87. The third-order valence-electron chi connectivity index (χ3n) is 4.37. The first-order valence-corrected chi connectivity index (χ1v) is 9.18. The van der Waals surface area contributed by atoms with Gasteiger partial charge in [0.2, 0.25) is 0 Å². The molecule has 8 heteroatoms. The average Bonchev–Trinajstić information content (AvgIpc) is 2.61. The molecule has 0 fully saturated rings. The smallest absolute Gasteiger partial charge is 0.407 e. The highest BCUT2D eigenvalue weighted by atomic mass is 16.6. The molecule has 1 aliphatic carbocycles. The van der Waals surface area contributed by atoms with Crippen LogP contribution in [0.5, 0.6) is 0 Å². The molecule has 1 rings (SSSR count). The molecule has 0 aliphatic heterocycles. The molecule has 0 spiro atoms. The first-order valence-electron chi connectivity index (χ1n) is 9.18. The van der Waals surface area contributed by atoms with E-state index in [0.717, 1.165) is 17.6 Å². The van der Waals surface area contributed by atoms with E-state index in [-0.39, 0.29) is 24.9 Å². The van der Waals surface area contributed by atoms with Crippen LogP contribution < -0.4 is 11.1 Å². The van der Waals surface area contributed by atoms with Gasteiger partial charge in [-0.05, 0) is 49.7 Å². The van der Waals surface area contributed by atoms with Crippen molar-refractivity contribution in [1.29, 1.82) is 0 Å². The molecule has 0 radical (unpaired) electrons. The Bertz CT molecular complexity index is 585. The van der Waals surface area contributed by atoms with E-state index in [2.05, 4.69) is 12.2 Å². The zero-order valence-corrected chi connectivity index (χ0v) is 16.0. The Hall–Kier alpha value is -2.19. The number of carboxylic acid groups (broad SMARTS) is 1. The molecule has 8 nitrogen and oxygen atoms in total. The van der Waals surface area contributed by atoms with Gasteiger partial charge in [0.1, 0.15) is 12.6 Å². The molecule has 0 aromatic heterocycles. The second kappa shape index (κ2) is 12.2. The van der Waals surface area contributed by atoms with E-state index in [9.17, 15) is 14.4 Å². The maximum absolute atomic E-state index is 11.5. The summed E-state index contributed by atoms with van der Waals surface area (Å²) in [6.07, 6.45) is 5.58. The van der Waals surface area contributed by atoms with Crippen molar-refractivity contribution in [2.45, 2.75) is 45.6 Å². The predicted molar refractivity (Wildman–Crippen MR) is 100 cm³/mol. The molecule has 0 aromatic rings. The van der Waals surface area contributed by atoms with Gasteiger partial charge in [0, 0.05) is 6.54 Å². The fourth-order valence-electron chi connectivity index (χ4n) is 2.59. The van der Waals surface area contributed by atoms with Crippen LogP contribution in [-0.2, 0) is 19.1 Å². The van der Waals surface area contributed by atoms with Gasteiger partial charge in [-0.3, -0.25) is 9.59 Å². The number of Topliss-reactive ketones (excluding diaryl/α,β-unsaturated/α-hetero) is 1. The molecule has 0 bridgehead atoms. The van der Waals surface area contributed by atoms with E-state index in [4.69, 9.17) is 20.3 Å². The Balaban J connectivity index is 2.07. The van der Waals surface area contributed by atoms with Crippen molar-refractivity contribution >= 4 is 17.8 Å². The number of carboxylic acids is 1. The van der Waals surface area contributed by atoms with E-state index in [1.165, 1.54) is 0 Å². The van der Waals surface area contributed by atoms with Crippen molar-refractivity contribution in [3.8, 4) is 0 Å². The topological polar surface area (TPSA) is 128 Å². The Labute approximate surface area is 159 Å². The number of allylic oxidation sites excluding steroid dienone is 3. The largest absolute Gasteiger partial charge is 0.480 e. The van der Waals surface area contributed by atoms with Gasteiger partial charge in [0.05, 0.1) is 13.2 Å². The summed E-state index contributed by atoms with van der Waals surface area (Å²) in [4.78, 5) is 33.4. The van der Waals surface area contributed by atoms with Crippen LogP contribution in [0.15, 0.2) is 23.3 Å². The van der Waals surface area contributed by atoms with Crippen LogP contribution in [0.2, 0.25) is 0 Å². The number of ether oxygens (including phenoxy) is 2. The highest BCUT2D eigenvalue weighted by Crippen LogP contribution is 2.25. The first-order chi connectivity index (χ1) is 12.8. The summed E-state index contributed by atoms with van der Waals surface area (Å²) >= 11 is 0. The van der Waals surface area contributed by atoms with Gasteiger partial charge in [0.15, 0.2) is 5.78 Å². The summed E-state index contributed by atoms with van der Waals surface area (Å²) in [5.74, 6) is -0.661. The Morgan fingerprint density at radius 1 is 1.30 bits per heavy atom. The summed E-state index contributed by atoms with van der Waals surface area (Å²) in [7, 11) is 0. The van der Waals surface area contributed by atoms with Gasteiger partial charge in [-0.25, -0.2) is 4.79 Å². The van der Waals surface area contributed by atoms with Crippen LogP contribution in [-0.4, -0.2) is 55.4 Å². The molecule has 152 valence electrons. The molecule has 1 amide bonds. The molecule has 27 heavy (non-hydrogen) atoms. The van der Waals surface area contributed by atoms with Crippen LogP contribution in [0.1, 0.15) is 39.5 Å². The Morgan fingerprint density at radius 2 is 2.04 bits per heavy atom. The predicted octanol–water partition coefficient (Wildman–Crippen LogP) is 1.79. The van der Waals surface area contributed by atoms with Gasteiger partial charge < -0.3 is 25.6 Å². The lowest BCUT2D eigenvalue weighted by Crippen LogP contribution is -2.30. The lowest BCUT2D eigenvalue weighted by Gasteiger charge is -2.20. The minimum Gasteiger partial charge on any atom is -0.480 e. The lowest BCUT2D eigenvalue weighted by molar-refractivity contribution is -0.138. The standard InChI is InChI=1S/C19H30N2O6/c1-13-11-15(14(2)22)6-7-16(13)12-26-9-10-27-19(25)21-8-4-3-5-17(20)18(23)24/h6-7,13,17H,3-5,8-12,20H2,1-2H3,(H,21,25)(H,23,24)/t13?,17-/m0/s1. The van der Waals surface area contributed by atoms with Crippen LogP contribution >= 0.6 is 0 Å². The van der Waals surface area contributed by atoms with Crippen LogP contribution in [0, 0.1) is 5.92 Å². The van der Waals surface area contributed by atoms with Crippen LogP contribution in [0.3, 0.4) is 0 Å². The maximum Gasteiger partial charge on any atom is 0.407 e. The number of alkyl carbamates (subject to hydrolysis) is 1. The average molecular weight is 382 g/mol. The molecule has 0 saturated heterocycles. The van der Waals surface area contributed by atoms with Crippen LogP contribution in [0.25, 0.3) is 0 Å². The second-order valence-electron chi connectivity index (χ2n) is 6.65. The molecule has 0 saturated carbocycles. The van der Waals surface area contributed by atoms with E-state index in [1.807, 2.05) is 12.2 Å². The van der Waals surface area contributed by atoms with Gasteiger partial charge in [-0.15, -0.1) is 0 Å². The summed E-state index contributed by atoms with van der Waals surface area (Å²) in [6.45, 7) is 4.90. The number of hydrogen-bond acceptors (Lipinski definition) is 6. The number of nitrogens with one attached hydrogen (secondary N) is 1. The van der Waals surface area contributed by atoms with Gasteiger partial charge in [-0.1, -0.05) is 19.1 Å². The van der Waals surface area contributed by atoms with Crippen molar-refractivity contribution in [2.24, 2.45) is 11.7 Å². The molecule has 2 atom stereocenters. The highest BCUT2D eigenvalue weighted by Gasteiger charge is 2.17. The van der Waals surface area contributed by atoms with Crippen molar-refractivity contribution in [3.05, 3.63) is 23.3 Å². The quantitative estimate of drug-likeness (QED) is 0.439. The SMILES string of the molecule is CC(=O)C1=CC=C(COCCOC(=O)NCCCC[C@H](N)C(=O)O)C(C)C1. The summed E-state index contributed by atoms with van der Waals surface area (Å²) in [5, 5.41) is 11.2. The van der Waals surface area contributed by atoms with Gasteiger partial charge in [0.25, 0.3) is 0 Å². The minimum atomic E-state index is -1.02. The zero-order valence-electron chi connectivity index (χ0n) is 16.0. The minimum absolute atomic E-state index is 0.0993. The molecular weight excluding hydrogens is 352 g/mol. The molecule has 0 aromatic carbocycles. The molecule has 4 N–H and O–H groups in total. The number of nitrogens with two attached hydrogens (primary N) is 1. The van der Waals surface area contributed by atoms with E-state index < -0.39 is 18.1 Å². The third kappa shape index (κ3) is 9.35. The summed E-state index contributed by atoms with van der Waals surface area (Å²) < 4.78 is 10.5. The zero-order chi connectivity index (χ0) is 20.2. The molecule has 0 heterocycles. The number of ketones is 1. The number of rotatable bonds is 12. The first kappa shape index (κ1) is 22.9. The highest BCUT2D eigenvalue weighted by molar-refractivity contribution is 5.93. The van der Waals surface area contributed by atoms with Crippen molar-refractivity contribution in [3.63, 3.8) is 0 Å². The molecule has 1 aliphatic rings. The number of carbonyl (C=O) groups is 3. The van der Waals surface area contributed by atoms with Crippen molar-refractivity contribution in [2.75, 3.05) is 26.4 Å². The number of carbonyl (C=O) groups excluding carboxylic acids is 2. The van der Waals surface area contributed by atoms with Crippen LogP contribution in [0.4, 0.5) is 4.79 Å². The van der Waals surface area contributed by atoms with Gasteiger partial charge >= 0.3 is 12.1 Å². The number of unbranched alkanes of at least 4 members (excludes halogenated alkanes) is 1. The normalized spacial score (nSPS) is 17.5.